The van der Waals surface area contributed by atoms with Crippen molar-refractivity contribution in [1.29, 1.82) is 0 Å². The SMILES string of the molecule is CCc1ccccc1N1CCc2c(C)nc3ccc(O)cc3c21.Cl. The fourth-order valence-corrected chi connectivity index (χ4v) is 3.65. The van der Waals surface area contributed by atoms with Crippen LogP contribution in [0.4, 0.5) is 11.4 Å². The van der Waals surface area contributed by atoms with Crippen LogP contribution in [0, 0.1) is 6.92 Å². The van der Waals surface area contributed by atoms with Crippen molar-refractivity contribution in [2.75, 3.05) is 11.4 Å². The largest absolute Gasteiger partial charge is 0.508 e. The Kier molecular flexibility index (Phi) is 4.37. The molecule has 2 heterocycles. The number of anilines is 2. The number of aryl methyl sites for hydroxylation is 2. The summed E-state index contributed by atoms with van der Waals surface area (Å²) in [5.41, 5.74) is 7.17. The van der Waals surface area contributed by atoms with Crippen LogP contribution in [0.2, 0.25) is 0 Å². The minimum atomic E-state index is 0. The number of halogens is 1. The van der Waals surface area contributed by atoms with Crippen LogP contribution in [0.25, 0.3) is 10.9 Å². The van der Waals surface area contributed by atoms with Crippen molar-refractivity contribution in [3.63, 3.8) is 0 Å². The molecule has 4 heteroatoms. The van der Waals surface area contributed by atoms with Gasteiger partial charge in [0, 0.05) is 23.3 Å². The molecule has 0 spiro atoms. The zero-order chi connectivity index (χ0) is 16.0. The Bertz CT molecular complexity index is 908. The summed E-state index contributed by atoms with van der Waals surface area (Å²) >= 11 is 0. The first-order valence-electron chi connectivity index (χ1n) is 8.16. The number of rotatable bonds is 2. The van der Waals surface area contributed by atoms with Crippen molar-refractivity contribution in [2.45, 2.75) is 26.7 Å². The lowest BCUT2D eigenvalue weighted by molar-refractivity contribution is 0.476. The van der Waals surface area contributed by atoms with E-state index in [1.807, 2.05) is 12.1 Å². The first-order valence-corrected chi connectivity index (χ1v) is 8.16. The maximum Gasteiger partial charge on any atom is 0.116 e. The van der Waals surface area contributed by atoms with E-state index in [1.54, 1.807) is 6.07 Å². The number of hydrogen-bond donors (Lipinski definition) is 1. The quantitative estimate of drug-likeness (QED) is 0.718. The van der Waals surface area contributed by atoms with Crippen LogP contribution in [-0.2, 0) is 12.8 Å². The third-order valence-corrected chi connectivity index (χ3v) is 4.76. The zero-order valence-corrected chi connectivity index (χ0v) is 14.7. The average molecular weight is 341 g/mol. The van der Waals surface area contributed by atoms with Gasteiger partial charge in [-0.3, -0.25) is 4.98 Å². The van der Waals surface area contributed by atoms with E-state index in [1.165, 1.54) is 22.5 Å². The number of phenolic OH excluding ortho intramolecular Hbond substituents is 1. The molecule has 2 aromatic carbocycles. The predicted molar refractivity (Wildman–Crippen MR) is 102 cm³/mol. The highest BCUT2D eigenvalue weighted by Gasteiger charge is 2.26. The number of hydrogen-bond acceptors (Lipinski definition) is 3. The Morgan fingerprint density at radius 3 is 2.75 bits per heavy atom. The summed E-state index contributed by atoms with van der Waals surface area (Å²) < 4.78 is 0. The van der Waals surface area contributed by atoms with E-state index >= 15 is 0 Å². The summed E-state index contributed by atoms with van der Waals surface area (Å²) in [4.78, 5) is 7.11. The maximum atomic E-state index is 9.94. The Morgan fingerprint density at radius 2 is 1.96 bits per heavy atom. The van der Waals surface area contributed by atoms with Gasteiger partial charge in [0.15, 0.2) is 0 Å². The lowest BCUT2D eigenvalue weighted by atomic mass is 10.0. The molecule has 0 bridgehead atoms. The van der Waals surface area contributed by atoms with Crippen LogP contribution in [-0.4, -0.2) is 16.6 Å². The van der Waals surface area contributed by atoms with Crippen molar-refractivity contribution in [3.8, 4) is 5.75 Å². The molecule has 24 heavy (non-hydrogen) atoms. The van der Waals surface area contributed by atoms with Crippen LogP contribution in [0.1, 0.15) is 23.7 Å². The molecular formula is C20H21ClN2O. The molecule has 0 fully saturated rings. The number of fused-ring (bicyclic) bond motifs is 3. The Labute approximate surface area is 148 Å². The molecule has 3 aromatic rings. The minimum Gasteiger partial charge on any atom is -0.508 e. The van der Waals surface area contributed by atoms with Gasteiger partial charge in [-0.1, -0.05) is 25.1 Å². The average Bonchev–Trinajstić information content (AvgIpc) is 3.01. The van der Waals surface area contributed by atoms with E-state index in [2.05, 4.69) is 43.0 Å². The third-order valence-electron chi connectivity index (χ3n) is 4.76. The normalized spacial score (nSPS) is 13.0. The molecule has 0 radical (unpaired) electrons. The third kappa shape index (κ3) is 2.49. The standard InChI is InChI=1S/C20H20N2O.ClH/c1-3-14-6-4-5-7-19(14)22-11-10-16-13(2)21-18-9-8-15(23)12-17(18)20(16)22;/h4-9,12,23H,3,10-11H2,1-2H3;1H. The van der Waals surface area contributed by atoms with Gasteiger partial charge in [0.05, 0.1) is 11.2 Å². The van der Waals surface area contributed by atoms with Crippen LogP contribution >= 0.6 is 12.4 Å². The number of pyridine rings is 1. The van der Waals surface area contributed by atoms with Crippen molar-refractivity contribution in [2.24, 2.45) is 0 Å². The van der Waals surface area contributed by atoms with Gasteiger partial charge < -0.3 is 10.0 Å². The van der Waals surface area contributed by atoms with E-state index in [0.29, 0.717) is 5.75 Å². The van der Waals surface area contributed by atoms with Gasteiger partial charge >= 0.3 is 0 Å². The lowest BCUT2D eigenvalue weighted by Gasteiger charge is -2.24. The summed E-state index contributed by atoms with van der Waals surface area (Å²) in [5, 5.41) is 11.0. The second kappa shape index (κ2) is 6.33. The summed E-state index contributed by atoms with van der Waals surface area (Å²) in [7, 11) is 0. The Morgan fingerprint density at radius 1 is 1.17 bits per heavy atom. The number of para-hydroxylation sites is 1. The fourth-order valence-electron chi connectivity index (χ4n) is 3.65. The molecule has 0 amide bonds. The summed E-state index contributed by atoms with van der Waals surface area (Å²) in [6, 6.07) is 14.0. The number of aromatic hydroxyl groups is 1. The molecule has 0 saturated carbocycles. The van der Waals surface area contributed by atoms with Gasteiger partial charge in [0.25, 0.3) is 0 Å². The molecule has 0 aliphatic carbocycles. The van der Waals surface area contributed by atoms with Gasteiger partial charge in [-0.2, -0.15) is 0 Å². The molecule has 1 aliphatic rings. The van der Waals surface area contributed by atoms with Crippen molar-refractivity contribution in [1.82, 2.24) is 4.98 Å². The van der Waals surface area contributed by atoms with Crippen LogP contribution in [0.3, 0.4) is 0 Å². The number of nitrogens with zero attached hydrogens (tertiary/aromatic N) is 2. The first kappa shape index (κ1) is 16.6. The van der Waals surface area contributed by atoms with Gasteiger partial charge in [0.2, 0.25) is 0 Å². The highest BCUT2D eigenvalue weighted by atomic mass is 35.5. The zero-order valence-electron chi connectivity index (χ0n) is 13.9. The minimum absolute atomic E-state index is 0. The molecule has 1 N–H and O–H groups in total. The molecule has 0 saturated heterocycles. The predicted octanol–water partition coefficient (Wildman–Crippen LogP) is 4.93. The lowest BCUT2D eigenvalue weighted by Crippen LogP contribution is -2.15. The molecule has 1 aliphatic heterocycles. The van der Waals surface area contributed by atoms with Crippen molar-refractivity contribution in [3.05, 3.63) is 59.3 Å². The summed E-state index contributed by atoms with van der Waals surface area (Å²) in [6.07, 6.45) is 2.01. The molecule has 3 nitrogen and oxygen atoms in total. The molecule has 1 aromatic heterocycles. The van der Waals surface area contributed by atoms with Crippen molar-refractivity contribution < 1.29 is 5.11 Å². The van der Waals surface area contributed by atoms with E-state index < -0.39 is 0 Å². The van der Waals surface area contributed by atoms with E-state index in [-0.39, 0.29) is 12.4 Å². The Hall–Kier alpha value is -2.26. The van der Waals surface area contributed by atoms with E-state index in [9.17, 15) is 5.11 Å². The molecule has 0 atom stereocenters. The second-order valence-electron chi connectivity index (χ2n) is 6.11. The number of aromatic nitrogens is 1. The topological polar surface area (TPSA) is 36.4 Å². The smallest absolute Gasteiger partial charge is 0.116 e. The first-order chi connectivity index (χ1) is 11.2. The molecule has 0 unspecified atom stereocenters. The maximum absolute atomic E-state index is 9.94. The highest BCUT2D eigenvalue weighted by Crippen LogP contribution is 2.42. The van der Waals surface area contributed by atoms with Gasteiger partial charge in [0.1, 0.15) is 5.75 Å². The fraction of sp³-hybridized carbons (Fsp3) is 0.250. The Balaban J connectivity index is 0.00000169. The highest BCUT2D eigenvalue weighted by molar-refractivity contribution is 5.98. The molecule has 4 rings (SSSR count). The molecule has 124 valence electrons. The summed E-state index contributed by atoms with van der Waals surface area (Å²) in [6.45, 7) is 5.24. The van der Waals surface area contributed by atoms with Crippen LogP contribution in [0.15, 0.2) is 42.5 Å². The van der Waals surface area contributed by atoms with Gasteiger partial charge in [-0.15, -0.1) is 12.4 Å². The van der Waals surface area contributed by atoms with Gasteiger partial charge in [-0.25, -0.2) is 0 Å². The van der Waals surface area contributed by atoms with Gasteiger partial charge in [-0.05, 0) is 55.2 Å². The number of benzene rings is 2. The number of phenols is 1. The second-order valence-corrected chi connectivity index (χ2v) is 6.11. The van der Waals surface area contributed by atoms with Crippen molar-refractivity contribution >= 4 is 34.7 Å². The monoisotopic (exact) mass is 340 g/mol. The molecular weight excluding hydrogens is 320 g/mol. The van der Waals surface area contributed by atoms with Crippen LogP contribution < -0.4 is 4.90 Å². The summed E-state index contributed by atoms with van der Waals surface area (Å²) in [5.74, 6) is 0.293. The van der Waals surface area contributed by atoms with E-state index in [4.69, 9.17) is 4.98 Å². The van der Waals surface area contributed by atoms with E-state index in [0.717, 1.165) is 36.0 Å². The van der Waals surface area contributed by atoms with Crippen LogP contribution in [0.5, 0.6) is 5.75 Å².